The van der Waals surface area contributed by atoms with E-state index in [9.17, 15) is 30.4 Å². The van der Waals surface area contributed by atoms with Crippen LogP contribution in [0.1, 0.15) is 58.4 Å². The van der Waals surface area contributed by atoms with Crippen LogP contribution in [0, 0.1) is 22.9 Å². The van der Waals surface area contributed by atoms with Crippen LogP contribution < -0.4 is 10.0 Å². The van der Waals surface area contributed by atoms with E-state index >= 15 is 4.39 Å². The Bertz CT molecular complexity index is 2320. The van der Waals surface area contributed by atoms with Gasteiger partial charge in [0.2, 0.25) is 5.95 Å². The van der Waals surface area contributed by atoms with Gasteiger partial charge >= 0.3 is 6.09 Å². The maximum atomic E-state index is 16.5. The van der Waals surface area contributed by atoms with Gasteiger partial charge in [-0.1, -0.05) is 19.1 Å². The van der Waals surface area contributed by atoms with Gasteiger partial charge in [0.15, 0.2) is 20.5 Å². The van der Waals surface area contributed by atoms with Crippen molar-refractivity contribution in [3.8, 4) is 21.8 Å². The van der Waals surface area contributed by atoms with Gasteiger partial charge in [0.25, 0.3) is 10.0 Å². The average molecular weight is 805 g/mol. The van der Waals surface area contributed by atoms with Gasteiger partial charge in [0, 0.05) is 41.7 Å². The molecule has 4 heterocycles. The van der Waals surface area contributed by atoms with Crippen LogP contribution >= 0.6 is 11.3 Å². The molecule has 3 fully saturated rings. The summed E-state index contributed by atoms with van der Waals surface area (Å²) in [4.78, 5) is 27.7. The molecule has 0 bridgehead atoms. The molecular formula is C36H39F3N6O6S3. The smallest absolute Gasteiger partial charge is 0.410 e. The molecular weight excluding hydrogens is 766 g/mol. The number of likely N-dealkylation sites (tertiary alicyclic amines) is 1. The van der Waals surface area contributed by atoms with E-state index in [-0.39, 0.29) is 34.2 Å². The van der Waals surface area contributed by atoms with E-state index in [2.05, 4.69) is 10.3 Å². The number of nitrogens with one attached hydrogen (secondary N) is 2. The second-order valence-electron chi connectivity index (χ2n) is 15.6. The number of ether oxygens (including phenoxy) is 1. The minimum atomic E-state index is -4.89. The van der Waals surface area contributed by atoms with Gasteiger partial charge in [-0.3, -0.25) is 4.72 Å². The first-order valence-electron chi connectivity index (χ1n) is 17.3. The molecule has 1 amide bonds. The first kappa shape index (κ1) is 38.0. The number of benzene rings is 2. The van der Waals surface area contributed by atoms with E-state index in [0.29, 0.717) is 60.3 Å². The molecule has 4 aromatic rings. The number of sulfonamides is 1. The zero-order chi connectivity index (χ0) is 38.8. The number of hydrogen-bond donors (Lipinski definition) is 2. The Kier molecular flexibility index (Phi) is 9.48. The Balaban J connectivity index is 1.22. The summed E-state index contributed by atoms with van der Waals surface area (Å²) in [6.07, 6.45) is 3.49. The van der Waals surface area contributed by atoms with Crippen LogP contribution in [-0.2, 0) is 30.0 Å². The van der Waals surface area contributed by atoms with Crippen molar-refractivity contribution >= 4 is 48.9 Å². The fourth-order valence-corrected chi connectivity index (χ4v) is 12.0. The predicted octanol–water partition coefficient (Wildman–Crippen LogP) is 6.76. The largest absolute Gasteiger partial charge is 0.444 e. The molecule has 1 saturated carbocycles. The summed E-state index contributed by atoms with van der Waals surface area (Å²) in [6.45, 7) is 8.18. The molecule has 0 radical (unpaired) electrons. The first-order chi connectivity index (χ1) is 25.3. The molecule has 18 heteroatoms. The third kappa shape index (κ3) is 7.51. The minimum Gasteiger partial charge on any atom is -0.444 e. The zero-order valence-corrected chi connectivity index (χ0v) is 32.4. The summed E-state index contributed by atoms with van der Waals surface area (Å²) in [7, 11) is -7.87. The van der Waals surface area contributed by atoms with Gasteiger partial charge < -0.3 is 15.0 Å². The van der Waals surface area contributed by atoms with Gasteiger partial charge in [-0.15, -0.1) is 11.3 Å². The van der Waals surface area contributed by atoms with Crippen LogP contribution in [-0.4, -0.2) is 79.0 Å². The molecule has 2 aromatic heterocycles. The van der Waals surface area contributed by atoms with Crippen LogP contribution in [0.25, 0.3) is 21.8 Å². The number of hydrogen-bond acceptors (Lipinski definition) is 11. The summed E-state index contributed by atoms with van der Waals surface area (Å²) < 4.78 is 103. The average Bonchev–Trinajstić information content (AvgIpc) is 3.50. The second-order valence-corrected chi connectivity index (χ2v) is 20.3. The topological polar surface area (TPSA) is 161 Å². The summed E-state index contributed by atoms with van der Waals surface area (Å²) in [5.74, 6) is -3.05. The number of carbonyl (C=O) groups is 1. The van der Waals surface area contributed by atoms with Crippen LogP contribution in [0.4, 0.5) is 29.6 Å². The molecule has 2 aliphatic heterocycles. The summed E-state index contributed by atoms with van der Waals surface area (Å²) in [6, 6.07) is 8.18. The summed E-state index contributed by atoms with van der Waals surface area (Å²) >= 11 is 1.29. The fourth-order valence-electron chi connectivity index (χ4n) is 7.34. The molecule has 1 spiro atoms. The highest BCUT2D eigenvalue weighted by Gasteiger charge is 2.56. The number of amides is 1. The molecule has 54 heavy (non-hydrogen) atoms. The maximum absolute atomic E-state index is 16.5. The Hall–Kier alpha value is -4.29. The third-order valence-electron chi connectivity index (χ3n) is 9.98. The first-order valence-corrected chi connectivity index (χ1v) is 21.4. The van der Waals surface area contributed by atoms with E-state index in [1.807, 2.05) is 11.6 Å². The molecule has 0 unspecified atom stereocenters. The number of aromatic nitrogens is 3. The predicted molar refractivity (Wildman–Crippen MR) is 198 cm³/mol. The van der Waals surface area contributed by atoms with Gasteiger partial charge in [-0.2, -0.15) is 0 Å². The summed E-state index contributed by atoms with van der Waals surface area (Å²) in [5, 5.41) is 3.92. The molecule has 2 N–H and O–H groups in total. The molecule has 2 aromatic carbocycles. The molecule has 2 saturated heterocycles. The zero-order valence-electron chi connectivity index (χ0n) is 29.9. The molecule has 288 valence electrons. The monoisotopic (exact) mass is 804 g/mol. The van der Waals surface area contributed by atoms with Gasteiger partial charge in [-0.05, 0) is 76.8 Å². The van der Waals surface area contributed by atoms with Crippen molar-refractivity contribution in [3.63, 3.8) is 0 Å². The number of nitrogens with zero attached hydrogens (tertiary/aromatic N) is 4. The molecule has 3 aliphatic rings. The number of halogens is 3. The maximum Gasteiger partial charge on any atom is 0.410 e. The van der Waals surface area contributed by atoms with E-state index in [1.165, 1.54) is 23.5 Å². The normalized spacial score (nSPS) is 19.1. The minimum absolute atomic E-state index is 0.0252. The van der Waals surface area contributed by atoms with E-state index in [0.717, 1.165) is 24.3 Å². The second kappa shape index (κ2) is 13.5. The lowest BCUT2D eigenvalue weighted by molar-refractivity contribution is 0.0171. The summed E-state index contributed by atoms with van der Waals surface area (Å²) in [5.41, 5.74) is -1.48. The van der Waals surface area contributed by atoms with E-state index < -0.39 is 65.0 Å². The van der Waals surface area contributed by atoms with Crippen molar-refractivity contribution in [3.05, 3.63) is 71.1 Å². The highest BCUT2D eigenvalue weighted by Crippen LogP contribution is 2.51. The van der Waals surface area contributed by atoms with Gasteiger partial charge in [0.05, 0.1) is 38.5 Å². The van der Waals surface area contributed by atoms with Crippen molar-refractivity contribution in [2.45, 2.75) is 75.3 Å². The van der Waals surface area contributed by atoms with Crippen molar-refractivity contribution in [2.24, 2.45) is 5.41 Å². The van der Waals surface area contributed by atoms with Crippen LogP contribution in [0.3, 0.4) is 0 Å². The molecule has 1 aliphatic carbocycles. The lowest BCUT2D eigenvalue weighted by Gasteiger charge is -2.53. The van der Waals surface area contributed by atoms with Gasteiger partial charge in [0.1, 0.15) is 17.2 Å². The Morgan fingerprint density at radius 1 is 1.00 bits per heavy atom. The Morgan fingerprint density at radius 2 is 1.65 bits per heavy atom. The van der Waals surface area contributed by atoms with Crippen LogP contribution in [0.2, 0.25) is 0 Å². The quantitative estimate of drug-likeness (QED) is 0.195. The van der Waals surface area contributed by atoms with Gasteiger partial charge in [-0.25, -0.2) is 49.8 Å². The van der Waals surface area contributed by atoms with E-state index in [1.54, 1.807) is 37.9 Å². The highest BCUT2D eigenvalue weighted by atomic mass is 32.2. The highest BCUT2D eigenvalue weighted by molar-refractivity contribution is 7.93. The molecule has 0 atom stereocenters. The number of sulfone groups is 1. The number of rotatable bonds is 8. The molecule has 12 nitrogen and oxygen atoms in total. The number of thiazole rings is 1. The molecule has 7 rings (SSSR count). The Morgan fingerprint density at radius 3 is 2.28 bits per heavy atom. The SMILES string of the molecule is CC(C)(C)OC(=O)N1CCC(C)(c2nc(-c3cccc(NS(=O)(=O)c4c(F)cccc4F)c3F)c(-c3ccnc(NC4CC5(C4)CS(=O)(=O)C5)n3)s2)CC1. The van der Waals surface area contributed by atoms with Crippen molar-refractivity contribution in [2.75, 3.05) is 34.6 Å². The number of piperidine rings is 1. The fraction of sp³-hybridized carbons (Fsp3) is 0.444. The van der Waals surface area contributed by atoms with Crippen LogP contribution in [0.5, 0.6) is 0 Å². The van der Waals surface area contributed by atoms with Crippen molar-refractivity contribution in [1.82, 2.24) is 19.9 Å². The van der Waals surface area contributed by atoms with Crippen LogP contribution in [0.15, 0.2) is 53.6 Å². The standard InChI is InChI=1S/C36H39F3N6O6S3/c1-34(2,3)51-33(46)45-15-12-35(4,13-16-45)31-43-28(22-7-5-10-25(27(22)39)44-54(49,50)30-23(37)8-6-9-24(30)38)29(52-31)26-11-14-40-32(42-26)41-21-17-36(18-21)19-53(47,48)20-36/h5-11,14,21,44H,12-13,15-20H2,1-4H3,(H,40,41,42). The Labute approximate surface area is 315 Å². The lowest BCUT2D eigenvalue weighted by atomic mass is 9.67. The lowest BCUT2D eigenvalue weighted by Crippen LogP contribution is -2.60. The van der Waals surface area contributed by atoms with Crippen molar-refractivity contribution in [1.29, 1.82) is 0 Å². The van der Waals surface area contributed by atoms with Crippen molar-refractivity contribution < 1.29 is 39.5 Å². The number of carbonyl (C=O) groups excluding carboxylic acids is 1. The number of anilines is 2. The third-order valence-corrected chi connectivity index (χ3v) is 14.9. The van der Waals surface area contributed by atoms with E-state index in [4.69, 9.17) is 14.7 Å².